The summed E-state index contributed by atoms with van der Waals surface area (Å²) in [5.41, 5.74) is 6.46. The first-order valence-electron chi connectivity index (χ1n) is 6.14. The highest BCUT2D eigenvalue weighted by Gasteiger charge is 2.08. The predicted octanol–water partition coefficient (Wildman–Crippen LogP) is 2.50. The van der Waals surface area contributed by atoms with E-state index in [-0.39, 0.29) is 0 Å². The molecule has 0 saturated heterocycles. The van der Waals surface area contributed by atoms with Gasteiger partial charge in [-0.1, -0.05) is 13.8 Å². The molecule has 0 amide bonds. The lowest BCUT2D eigenvalue weighted by molar-refractivity contribution is 0.263. The normalized spacial score (nSPS) is 10.7. The molecule has 0 aliphatic carbocycles. The summed E-state index contributed by atoms with van der Waals surface area (Å²) in [7, 11) is 2.03. The molecule has 4 nitrogen and oxygen atoms in total. The maximum absolute atomic E-state index is 5.87. The zero-order chi connectivity index (χ0) is 13.5. The molecule has 0 radical (unpaired) electrons. The summed E-state index contributed by atoms with van der Waals surface area (Å²) in [6.07, 6.45) is 2.10. The van der Waals surface area contributed by atoms with E-state index in [0.717, 1.165) is 18.1 Å². The molecule has 0 atom stereocenters. The van der Waals surface area contributed by atoms with Crippen LogP contribution in [0.4, 0.5) is 11.5 Å². The van der Waals surface area contributed by atoms with Crippen molar-refractivity contribution in [2.24, 2.45) is 5.92 Å². The van der Waals surface area contributed by atoms with Crippen LogP contribution in [0, 0.1) is 5.92 Å². The molecule has 0 bridgehead atoms. The molecule has 1 aromatic rings. The Labute approximate surface area is 114 Å². The molecule has 1 rings (SSSR count). The molecule has 5 heteroatoms. The zero-order valence-electron chi connectivity index (χ0n) is 11.6. The summed E-state index contributed by atoms with van der Waals surface area (Å²) in [4.78, 5) is 6.58. The number of nitrogens with zero attached hydrogens (tertiary/aromatic N) is 2. The number of hydrogen-bond acceptors (Lipinski definition) is 5. The van der Waals surface area contributed by atoms with Gasteiger partial charge in [0.2, 0.25) is 5.88 Å². The van der Waals surface area contributed by atoms with Crippen molar-refractivity contribution in [1.82, 2.24) is 4.98 Å². The highest BCUT2D eigenvalue weighted by Crippen LogP contribution is 2.23. The van der Waals surface area contributed by atoms with Gasteiger partial charge in [-0.25, -0.2) is 0 Å². The summed E-state index contributed by atoms with van der Waals surface area (Å²) < 4.78 is 5.63. The van der Waals surface area contributed by atoms with Crippen molar-refractivity contribution >= 4 is 23.3 Å². The predicted molar refractivity (Wildman–Crippen MR) is 80.6 cm³/mol. The Morgan fingerprint density at radius 3 is 2.78 bits per heavy atom. The number of aromatic nitrogens is 1. The molecule has 2 N–H and O–H groups in total. The lowest BCUT2D eigenvalue weighted by atomic mass is 10.2. The minimum absolute atomic E-state index is 0.462. The number of ether oxygens (including phenoxy) is 1. The molecule has 1 heterocycles. The van der Waals surface area contributed by atoms with E-state index in [2.05, 4.69) is 30.0 Å². The van der Waals surface area contributed by atoms with Crippen molar-refractivity contribution in [3.8, 4) is 5.88 Å². The fraction of sp³-hybridized carbons (Fsp3) is 0.615. The Morgan fingerprint density at radius 1 is 1.44 bits per heavy atom. The second-order valence-electron chi connectivity index (χ2n) is 4.68. The van der Waals surface area contributed by atoms with Gasteiger partial charge < -0.3 is 15.4 Å². The van der Waals surface area contributed by atoms with Crippen molar-refractivity contribution in [2.75, 3.05) is 42.8 Å². The van der Waals surface area contributed by atoms with E-state index in [0.29, 0.717) is 24.1 Å². The standard InChI is InChI=1S/C13H23N3OS/c1-10(2)9-17-13-11(14)5-6-12(15-13)16(3)7-8-18-4/h5-6,10H,7-9,14H2,1-4H3. The number of nitrogens with two attached hydrogens (primary N) is 1. The van der Waals surface area contributed by atoms with Gasteiger partial charge in [-0.15, -0.1) is 0 Å². The van der Waals surface area contributed by atoms with E-state index in [4.69, 9.17) is 10.5 Å². The van der Waals surface area contributed by atoms with Crippen LogP contribution < -0.4 is 15.4 Å². The Morgan fingerprint density at radius 2 is 2.17 bits per heavy atom. The van der Waals surface area contributed by atoms with Crippen molar-refractivity contribution in [1.29, 1.82) is 0 Å². The van der Waals surface area contributed by atoms with Gasteiger partial charge in [0.1, 0.15) is 5.82 Å². The van der Waals surface area contributed by atoms with Crippen LogP contribution in [0.15, 0.2) is 12.1 Å². The summed E-state index contributed by atoms with van der Waals surface area (Å²) in [5, 5.41) is 0. The van der Waals surface area contributed by atoms with Crippen LogP contribution in [-0.4, -0.2) is 37.2 Å². The SMILES string of the molecule is CSCCN(C)c1ccc(N)c(OCC(C)C)n1. The van der Waals surface area contributed by atoms with E-state index in [1.165, 1.54) is 0 Å². The van der Waals surface area contributed by atoms with Gasteiger partial charge in [0.25, 0.3) is 0 Å². The Balaban J connectivity index is 2.73. The number of thioether (sulfide) groups is 1. The van der Waals surface area contributed by atoms with Crippen LogP contribution in [-0.2, 0) is 0 Å². The molecule has 0 aliphatic heterocycles. The highest BCUT2D eigenvalue weighted by molar-refractivity contribution is 7.98. The second-order valence-corrected chi connectivity index (χ2v) is 5.67. The first kappa shape index (κ1) is 15.0. The molecule has 0 spiro atoms. The molecular weight excluding hydrogens is 246 g/mol. The minimum Gasteiger partial charge on any atom is -0.476 e. The third kappa shape index (κ3) is 4.64. The molecule has 1 aromatic heterocycles. The zero-order valence-corrected chi connectivity index (χ0v) is 12.5. The van der Waals surface area contributed by atoms with Gasteiger partial charge in [-0.3, -0.25) is 0 Å². The molecule has 0 saturated carbocycles. The van der Waals surface area contributed by atoms with Crippen molar-refractivity contribution < 1.29 is 4.74 Å². The minimum atomic E-state index is 0.462. The molecule has 0 aliphatic rings. The average molecular weight is 269 g/mol. The third-order valence-corrected chi connectivity index (χ3v) is 3.04. The monoisotopic (exact) mass is 269 g/mol. The smallest absolute Gasteiger partial charge is 0.239 e. The largest absolute Gasteiger partial charge is 0.476 e. The van der Waals surface area contributed by atoms with Gasteiger partial charge in [0, 0.05) is 19.3 Å². The quantitative estimate of drug-likeness (QED) is 0.824. The van der Waals surface area contributed by atoms with Crippen molar-refractivity contribution in [2.45, 2.75) is 13.8 Å². The summed E-state index contributed by atoms with van der Waals surface area (Å²) in [5.74, 6) is 2.98. The first-order chi connectivity index (χ1) is 8.54. The number of hydrogen-bond donors (Lipinski definition) is 1. The van der Waals surface area contributed by atoms with Gasteiger partial charge >= 0.3 is 0 Å². The molecule has 0 unspecified atom stereocenters. The van der Waals surface area contributed by atoms with E-state index in [9.17, 15) is 0 Å². The van der Waals surface area contributed by atoms with Gasteiger partial charge in [0.05, 0.1) is 12.3 Å². The van der Waals surface area contributed by atoms with E-state index >= 15 is 0 Å². The fourth-order valence-electron chi connectivity index (χ4n) is 1.36. The van der Waals surface area contributed by atoms with Gasteiger partial charge in [-0.2, -0.15) is 16.7 Å². The van der Waals surface area contributed by atoms with Gasteiger partial charge in [-0.05, 0) is 24.3 Å². The van der Waals surface area contributed by atoms with Crippen LogP contribution >= 0.6 is 11.8 Å². The highest BCUT2D eigenvalue weighted by atomic mass is 32.2. The van der Waals surface area contributed by atoms with Crippen LogP contribution in [0.2, 0.25) is 0 Å². The Bertz CT molecular complexity index is 371. The van der Waals surface area contributed by atoms with Crippen molar-refractivity contribution in [3.05, 3.63) is 12.1 Å². The lowest BCUT2D eigenvalue weighted by Crippen LogP contribution is -2.21. The van der Waals surface area contributed by atoms with Crippen LogP contribution in [0.25, 0.3) is 0 Å². The van der Waals surface area contributed by atoms with Crippen LogP contribution in [0.5, 0.6) is 5.88 Å². The molecule has 0 fully saturated rings. The summed E-state index contributed by atoms with van der Waals surface area (Å²) in [6.45, 7) is 5.80. The second kappa shape index (κ2) is 7.36. The number of rotatable bonds is 7. The number of anilines is 2. The van der Waals surface area contributed by atoms with E-state index in [1.54, 1.807) is 0 Å². The van der Waals surface area contributed by atoms with Crippen LogP contribution in [0.1, 0.15) is 13.8 Å². The van der Waals surface area contributed by atoms with E-state index in [1.807, 2.05) is 30.9 Å². The molecule has 102 valence electrons. The molecule has 0 aromatic carbocycles. The Kier molecular flexibility index (Phi) is 6.12. The third-order valence-electron chi connectivity index (χ3n) is 2.45. The van der Waals surface area contributed by atoms with Crippen LogP contribution in [0.3, 0.4) is 0 Å². The maximum Gasteiger partial charge on any atom is 0.239 e. The van der Waals surface area contributed by atoms with E-state index < -0.39 is 0 Å². The topological polar surface area (TPSA) is 51.4 Å². The Hall–Kier alpha value is -1.10. The molecular formula is C13H23N3OS. The maximum atomic E-state index is 5.87. The number of nitrogen functional groups attached to an aromatic ring is 1. The summed E-state index contributed by atoms with van der Waals surface area (Å²) in [6, 6.07) is 3.78. The van der Waals surface area contributed by atoms with Gasteiger partial charge in [0.15, 0.2) is 0 Å². The van der Waals surface area contributed by atoms with Crippen molar-refractivity contribution in [3.63, 3.8) is 0 Å². The fourth-order valence-corrected chi connectivity index (χ4v) is 1.81. The lowest BCUT2D eigenvalue weighted by Gasteiger charge is -2.19. The molecule has 18 heavy (non-hydrogen) atoms. The average Bonchev–Trinajstić information content (AvgIpc) is 2.34. The first-order valence-corrected chi connectivity index (χ1v) is 7.53. The number of pyridine rings is 1. The summed E-state index contributed by atoms with van der Waals surface area (Å²) >= 11 is 1.82.